The molecule has 1 unspecified atom stereocenters. The Balaban J connectivity index is 1.45. The number of amides is 1. The lowest BCUT2D eigenvalue weighted by Crippen LogP contribution is -2.33. The van der Waals surface area contributed by atoms with Crippen LogP contribution in [0.1, 0.15) is 47.4 Å². The number of carbonyl (C=O) groups is 1. The summed E-state index contributed by atoms with van der Waals surface area (Å²) >= 11 is 0. The second kappa shape index (κ2) is 8.42. The Morgan fingerprint density at radius 3 is 2.69 bits per heavy atom. The molecule has 0 bridgehead atoms. The van der Waals surface area contributed by atoms with Crippen molar-refractivity contribution in [3.63, 3.8) is 0 Å². The molecule has 1 fully saturated rings. The Hall–Kier alpha value is -3.74. The second-order valence-corrected chi connectivity index (χ2v) is 8.20. The van der Waals surface area contributed by atoms with Crippen LogP contribution in [0.4, 0.5) is 0 Å². The summed E-state index contributed by atoms with van der Waals surface area (Å²) in [5.41, 5.74) is 2.96. The van der Waals surface area contributed by atoms with Gasteiger partial charge in [0, 0.05) is 17.8 Å². The molecule has 4 aromatic rings. The van der Waals surface area contributed by atoms with Crippen molar-refractivity contribution >= 4 is 16.9 Å². The van der Waals surface area contributed by atoms with E-state index < -0.39 is 0 Å². The van der Waals surface area contributed by atoms with Gasteiger partial charge in [-0.2, -0.15) is 9.78 Å². The summed E-state index contributed by atoms with van der Waals surface area (Å²) < 4.78 is 7.62. The number of aryl methyl sites for hydroxylation is 1. The minimum atomic E-state index is -0.168. The zero-order valence-corrected chi connectivity index (χ0v) is 18.2. The highest BCUT2D eigenvalue weighted by atomic mass is 16.5. The van der Waals surface area contributed by atoms with Crippen molar-refractivity contribution in [2.45, 2.75) is 38.7 Å². The summed E-state index contributed by atoms with van der Waals surface area (Å²) in [7, 11) is 0. The quantitative estimate of drug-likeness (QED) is 0.478. The maximum absolute atomic E-state index is 13.3. The molecule has 0 saturated heterocycles. The maximum Gasteiger partial charge on any atom is 0.252 e. The van der Waals surface area contributed by atoms with Crippen LogP contribution in [0.2, 0.25) is 0 Å². The van der Waals surface area contributed by atoms with Crippen LogP contribution in [0.25, 0.3) is 16.9 Å². The van der Waals surface area contributed by atoms with E-state index >= 15 is 0 Å². The number of benzene rings is 1. The molecule has 1 aromatic carbocycles. The SMILES string of the molecule is Cc1nn(-c2ccccn2)c2nc(C3CC3)cc(C(=O)NCC(C)Oc3ccccc3)c12. The smallest absolute Gasteiger partial charge is 0.252 e. The highest BCUT2D eigenvalue weighted by Gasteiger charge is 2.29. The third kappa shape index (κ3) is 4.06. The molecule has 5 rings (SSSR count). The highest BCUT2D eigenvalue weighted by Crippen LogP contribution is 2.40. The number of fused-ring (bicyclic) bond motifs is 1. The Bertz CT molecular complexity index is 1250. The van der Waals surface area contributed by atoms with Gasteiger partial charge in [0.1, 0.15) is 11.9 Å². The largest absolute Gasteiger partial charge is 0.489 e. The summed E-state index contributed by atoms with van der Waals surface area (Å²) in [6, 6.07) is 17.2. The number of nitrogens with one attached hydrogen (secondary N) is 1. The number of hydrogen-bond acceptors (Lipinski definition) is 5. The molecule has 162 valence electrons. The Kier molecular flexibility index (Phi) is 5.31. The number of ether oxygens (including phenoxy) is 1. The first-order valence-corrected chi connectivity index (χ1v) is 10.9. The van der Waals surface area contributed by atoms with Gasteiger partial charge in [-0.1, -0.05) is 24.3 Å². The van der Waals surface area contributed by atoms with E-state index in [4.69, 9.17) is 9.72 Å². The summed E-state index contributed by atoms with van der Waals surface area (Å²) in [5, 5.41) is 8.45. The maximum atomic E-state index is 13.3. The molecule has 1 aliphatic rings. The molecular formula is C25H25N5O2. The van der Waals surface area contributed by atoms with Crippen molar-refractivity contribution in [3.05, 3.63) is 77.7 Å². The van der Waals surface area contributed by atoms with Gasteiger partial charge in [-0.05, 0) is 57.0 Å². The topological polar surface area (TPSA) is 81.9 Å². The third-order valence-electron chi connectivity index (χ3n) is 5.57. The van der Waals surface area contributed by atoms with E-state index in [0.717, 1.165) is 35.4 Å². The average Bonchev–Trinajstić information content (AvgIpc) is 3.62. The molecule has 7 nitrogen and oxygen atoms in total. The second-order valence-electron chi connectivity index (χ2n) is 8.20. The van der Waals surface area contributed by atoms with Crippen molar-refractivity contribution < 1.29 is 9.53 Å². The third-order valence-corrected chi connectivity index (χ3v) is 5.57. The van der Waals surface area contributed by atoms with Crippen LogP contribution in [-0.4, -0.2) is 38.3 Å². The monoisotopic (exact) mass is 427 g/mol. The average molecular weight is 428 g/mol. The molecule has 32 heavy (non-hydrogen) atoms. The Morgan fingerprint density at radius 2 is 1.97 bits per heavy atom. The van der Waals surface area contributed by atoms with E-state index in [2.05, 4.69) is 15.4 Å². The van der Waals surface area contributed by atoms with Crippen LogP contribution in [-0.2, 0) is 0 Å². The fourth-order valence-corrected chi connectivity index (χ4v) is 3.82. The summed E-state index contributed by atoms with van der Waals surface area (Å²) in [6.07, 6.45) is 3.75. The number of rotatable bonds is 7. The molecule has 1 saturated carbocycles. The molecule has 0 radical (unpaired) electrons. The number of para-hydroxylation sites is 1. The molecule has 1 aliphatic carbocycles. The van der Waals surface area contributed by atoms with Crippen molar-refractivity contribution in [1.82, 2.24) is 25.1 Å². The zero-order chi connectivity index (χ0) is 22.1. The zero-order valence-electron chi connectivity index (χ0n) is 18.2. The molecule has 0 spiro atoms. The van der Waals surface area contributed by atoms with Gasteiger partial charge >= 0.3 is 0 Å². The van der Waals surface area contributed by atoms with E-state index in [1.165, 1.54) is 0 Å². The molecule has 1 amide bonds. The predicted octanol–water partition coefficient (Wildman–Crippen LogP) is 4.20. The highest BCUT2D eigenvalue weighted by molar-refractivity contribution is 6.06. The minimum Gasteiger partial charge on any atom is -0.489 e. The van der Waals surface area contributed by atoms with Crippen molar-refractivity contribution in [3.8, 4) is 11.6 Å². The van der Waals surface area contributed by atoms with Crippen LogP contribution in [0.15, 0.2) is 60.8 Å². The van der Waals surface area contributed by atoms with Gasteiger partial charge < -0.3 is 10.1 Å². The minimum absolute atomic E-state index is 0.147. The van der Waals surface area contributed by atoms with Gasteiger partial charge in [-0.3, -0.25) is 4.79 Å². The van der Waals surface area contributed by atoms with E-state index in [9.17, 15) is 4.79 Å². The molecule has 3 aromatic heterocycles. The summed E-state index contributed by atoms with van der Waals surface area (Å²) in [5.74, 6) is 1.72. The first kappa shape index (κ1) is 20.2. The van der Waals surface area contributed by atoms with Crippen LogP contribution in [0, 0.1) is 6.92 Å². The lowest BCUT2D eigenvalue weighted by atomic mass is 10.1. The van der Waals surface area contributed by atoms with Gasteiger partial charge in [0.2, 0.25) is 0 Å². The Labute approximate surface area is 186 Å². The fourth-order valence-electron chi connectivity index (χ4n) is 3.82. The summed E-state index contributed by atoms with van der Waals surface area (Å²) in [4.78, 5) is 22.6. The van der Waals surface area contributed by atoms with E-state index in [1.54, 1.807) is 10.9 Å². The molecule has 0 aliphatic heterocycles. The number of aromatic nitrogens is 4. The predicted molar refractivity (Wildman–Crippen MR) is 122 cm³/mol. The van der Waals surface area contributed by atoms with Crippen LogP contribution >= 0.6 is 0 Å². The van der Waals surface area contributed by atoms with E-state index in [-0.39, 0.29) is 12.0 Å². The normalized spacial score (nSPS) is 14.3. The van der Waals surface area contributed by atoms with Crippen molar-refractivity contribution in [2.24, 2.45) is 0 Å². The first-order valence-electron chi connectivity index (χ1n) is 10.9. The molecule has 1 N–H and O–H groups in total. The number of hydrogen-bond donors (Lipinski definition) is 1. The molecular weight excluding hydrogens is 402 g/mol. The lowest BCUT2D eigenvalue weighted by molar-refractivity contribution is 0.0933. The molecule has 7 heteroatoms. The van der Waals surface area contributed by atoms with Gasteiger partial charge in [0.15, 0.2) is 11.5 Å². The van der Waals surface area contributed by atoms with Crippen molar-refractivity contribution in [2.75, 3.05) is 6.54 Å². The fraction of sp³-hybridized carbons (Fsp3) is 0.280. The number of pyridine rings is 2. The van der Waals surface area contributed by atoms with Gasteiger partial charge in [-0.25, -0.2) is 9.97 Å². The number of carbonyl (C=O) groups excluding carboxylic acids is 1. The Morgan fingerprint density at radius 1 is 1.19 bits per heavy atom. The number of nitrogens with zero attached hydrogens (tertiary/aromatic N) is 4. The van der Waals surface area contributed by atoms with Gasteiger partial charge in [-0.15, -0.1) is 0 Å². The summed E-state index contributed by atoms with van der Waals surface area (Å²) in [6.45, 7) is 4.23. The molecule has 1 atom stereocenters. The van der Waals surface area contributed by atoms with Crippen LogP contribution in [0.5, 0.6) is 5.75 Å². The van der Waals surface area contributed by atoms with Crippen molar-refractivity contribution in [1.29, 1.82) is 0 Å². The van der Waals surface area contributed by atoms with E-state index in [1.807, 2.05) is 68.4 Å². The lowest BCUT2D eigenvalue weighted by Gasteiger charge is -2.16. The van der Waals surface area contributed by atoms with Gasteiger partial charge in [0.25, 0.3) is 5.91 Å². The molecule has 3 heterocycles. The van der Waals surface area contributed by atoms with Gasteiger partial charge in [0.05, 0.1) is 23.2 Å². The van der Waals surface area contributed by atoms with Crippen LogP contribution in [0.3, 0.4) is 0 Å². The van der Waals surface area contributed by atoms with E-state index in [0.29, 0.717) is 29.5 Å². The first-order chi connectivity index (χ1) is 15.6. The van der Waals surface area contributed by atoms with Crippen LogP contribution < -0.4 is 10.1 Å². The standard InChI is InChI=1S/C25H25N5O2/c1-16(32-19-8-4-3-5-9-19)15-27-25(31)20-14-21(18-11-12-18)28-24-23(20)17(2)29-30(24)22-10-6-7-13-26-22/h3-10,13-14,16,18H,11-12,15H2,1-2H3,(H,27,31).